The summed E-state index contributed by atoms with van der Waals surface area (Å²) < 4.78 is 30.3. The molecular formula is C23H17F2N3O2S. The predicted octanol–water partition coefficient (Wildman–Crippen LogP) is 4.20. The first-order chi connectivity index (χ1) is 14.8. The van der Waals surface area contributed by atoms with Crippen molar-refractivity contribution in [2.45, 2.75) is 13.8 Å². The molecule has 0 radical (unpaired) electrons. The van der Waals surface area contributed by atoms with Crippen LogP contribution in [0.3, 0.4) is 0 Å². The molecule has 0 spiro atoms. The maximum atomic E-state index is 14.3. The summed E-state index contributed by atoms with van der Waals surface area (Å²) in [6, 6.07) is 13.7. The molecule has 2 heterocycles. The second kappa shape index (κ2) is 7.88. The van der Waals surface area contributed by atoms with Crippen LogP contribution in [-0.2, 0) is 9.59 Å². The summed E-state index contributed by atoms with van der Waals surface area (Å²) in [5.74, 6) is -2.47. The number of nitrogens with one attached hydrogen (secondary N) is 1. The Labute approximate surface area is 182 Å². The van der Waals surface area contributed by atoms with Crippen LogP contribution in [0, 0.1) is 25.5 Å². The fourth-order valence-corrected chi connectivity index (χ4v) is 3.88. The van der Waals surface area contributed by atoms with Crippen LogP contribution in [-0.4, -0.2) is 21.5 Å². The minimum Gasteiger partial charge on any atom is -0.315 e. The monoisotopic (exact) mass is 437 g/mol. The molecule has 156 valence electrons. The zero-order valence-corrected chi connectivity index (χ0v) is 17.5. The molecule has 1 aromatic heterocycles. The van der Waals surface area contributed by atoms with Gasteiger partial charge in [-0.15, -0.1) is 0 Å². The molecule has 1 N–H and O–H groups in total. The number of para-hydroxylation sites is 2. The number of carbonyl (C=O) groups is 2. The number of thiocarbonyl (C=S) groups is 1. The first-order valence-corrected chi connectivity index (χ1v) is 9.80. The van der Waals surface area contributed by atoms with E-state index in [1.807, 2.05) is 0 Å². The Morgan fingerprint density at radius 2 is 1.52 bits per heavy atom. The fourth-order valence-electron chi connectivity index (χ4n) is 3.60. The Bertz CT molecular complexity index is 1280. The van der Waals surface area contributed by atoms with Crippen molar-refractivity contribution in [1.82, 2.24) is 9.88 Å². The number of halogens is 2. The molecule has 1 saturated heterocycles. The molecule has 1 fully saturated rings. The van der Waals surface area contributed by atoms with E-state index < -0.39 is 23.4 Å². The lowest BCUT2D eigenvalue weighted by Crippen LogP contribution is -2.54. The molecule has 1 aliphatic rings. The van der Waals surface area contributed by atoms with E-state index in [0.29, 0.717) is 16.9 Å². The van der Waals surface area contributed by atoms with Crippen LogP contribution >= 0.6 is 12.2 Å². The average molecular weight is 437 g/mol. The van der Waals surface area contributed by atoms with Crippen molar-refractivity contribution in [3.05, 3.63) is 88.8 Å². The van der Waals surface area contributed by atoms with Gasteiger partial charge in [0.2, 0.25) is 0 Å². The van der Waals surface area contributed by atoms with Gasteiger partial charge >= 0.3 is 0 Å². The Kier molecular flexibility index (Phi) is 5.24. The van der Waals surface area contributed by atoms with Gasteiger partial charge in [-0.05, 0) is 68.0 Å². The Balaban J connectivity index is 1.80. The highest BCUT2D eigenvalue weighted by atomic mass is 32.1. The molecule has 5 nitrogen and oxygen atoms in total. The number of hydrogen-bond acceptors (Lipinski definition) is 3. The molecule has 0 saturated carbocycles. The van der Waals surface area contributed by atoms with Crippen molar-refractivity contribution >= 4 is 40.9 Å². The van der Waals surface area contributed by atoms with Gasteiger partial charge in [0.25, 0.3) is 11.8 Å². The zero-order valence-electron chi connectivity index (χ0n) is 16.6. The second-order valence-electron chi connectivity index (χ2n) is 7.02. The van der Waals surface area contributed by atoms with Gasteiger partial charge in [0.1, 0.15) is 17.2 Å². The highest BCUT2D eigenvalue weighted by Gasteiger charge is 2.35. The van der Waals surface area contributed by atoms with Crippen molar-refractivity contribution in [3.63, 3.8) is 0 Å². The largest absolute Gasteiger partial charge is 0.315 e. The molecule has 0 aliphatic carbocycles. The van der Waals surface area contributed by atoms with E-state index in [4.69, 9.17) is 12.2 Å². The van der Waals surface area contributed by atoms with Gasteiger partial charge in [0, 0.05) is 11.4 Å². The third kappa shape index (κ3) is 3.55. The van der Waals surface area contributed by atoms with E-state index in [9.17, 15) is 18.4 Å². The number of carbonyl (C=O) groups excluding carboxylic acids is 2. The summed E-state index contributed by atoms with van der Waals surface area (Å²) in [6.45, 7) is 3.56. The topological polar surface area (TPSA) is 54.3 Å². The first kappa shape index (κ1) is 20.6. The number of nitrogens with zero attached hydrogens (tertiary/aromatic N) is 2. The molecule has 8 heteroatoms. The Morgan fingerprint density at radius 3 is 2.13 bits per heavy atom. The lowest BCUT2D eigenvalue weighted by atomic mass is 10.1. The van der Waals surface area contributed by atoms with Crippen LogP contribution in [0.2, 0.25) is 0 Å². The van der Waals surface area contributed by atoms with Crippen LogP contribution in [0.4, 0.5) is 14.5 Å². The predicted molar refractivity (Wildman–Crippen MR) is 118 cm³/mol. The summed E-state index contributed by atoms with van der Waals surface area (Å²) in [5, 5.41) is 2.23. The van der Waals surface area contributed by atoms with Crippen LogP contribution in [0.5, 0.6) is 0 Å². The molecule has 0 unspecified atom stereocenters. The maximum absolute atomic E-state index is 14.3. The van der Waals surface area contributed by atoms with E-state index >= 15 is 0 Å². The lowest BCUT2D eigenvalue weighted by Gasteiger charge is -2.29. The summed E-state index contributed by atoms with van der Waals surface area (Å²) in [7, 11) is 0. The summed E-state index contributed by atoms with van der Waals surface area (Å²) in [6.07, 6.45) is 1.41. The van der Waals surface area contributed by atoms with Crippen molar-refractivity contribution in [3.8, 4) is 5.69 Å². The maximum Gasteiger partial charge on any atom is 0.270 e. The third-order valence-corrected chi connectivity index (χ3v) is 5.34. The summed E-state index contributed by atoms with van der Waals surface area (Å²) in [4.78, 5) is 26.6. The molecule has 1 aliphatic heterocycles. The van der Waals surface area contributed by atoms with Gasteiger partial charge < -0.3 is 4.57 Å². The highest BCUT2D eigenvalue weighted by Crippen LogP contribution is 2.27. The number of anilines is 1. The minimum absolute atomic E-state index is 0.0553. The van der Waals surface area contributed by atoms with Gasteiger partial charge in [-0.2, -0.15) is 0 Å². The van der Waals surface area contributed by atoms with Crippen molar-refractivity contribution in [1.29, 1.82) is 0 Å². The number of rotatable bonds is 3. The lowest BCUT2D eigenvalue weighted by molar-refractivity contribution is -0.122. The van der Waals surface area contributed by atoms with Crippen molar-refractivity contribution < 1.29 is 18.4 Å². The second-order valence-corrected chi connectivity index (χ2v) is 7.41. The standard InChI is InChI=1S/C23H17F2N3O2S/c1-13-11-15(14(2)27(13)19-9-5-3-7-17(19)24)12-16-21(29)26-23(31)28(22(16)30)20-10-6-4-8-18(20)25/h3-12H,1-2H3,(H,26,29,31). The smallest absolute Gasteiger partial charge is 0.270 e. The molecule has 0 bridgehead atoms. The van der Waals surface area contributed by atoms with Crippen LogP contribution in [0.1, 0.15) is 17.0 Å². The Hall–Kier alpha value is -3.65. The fraction of sp³-hybridized carbons (Fsp3) is 0.0870. The first-order valence-electron chi connectivity index (χ1n) is 9.39. The van der Waals surface area contributed by atoms with E-state index in [0.717, 1.165) is 10.6 Å². The van der Waals surface area contributed by atoms with Gasteiger partial charge in [0.15, 0.2) is 5.11 Å². The highest BCUT2D eigenvalue weighted by molar-refractivity contribution is 7.80. The number of benzene rings is 2. The van der Waals surface area contributed by atoms with Crippen LogP contribution in [0.25, 0.3) is 11.8 Å². The van der Waals surface area contributed by atoms with E-state index in [-0.39, 0.29) is 16.4 Å². The normalized spacial score (nSPS) is 15.5. The number of hydrogen-bond donors (Lipinski definition) is 1. The molecule has 0 atom stereocenters. The number of amides is 2. The van der Waals surface area contributed by atoms with Crippen LogP contribution in [0.15, 0.2) is 60.2 Å². The molecule has 31 heavy (non-hydrogen) atoms. The summed E-state index contributed by atoms with van der Waals surface area (Å²) in [5.41, 5.74) is 2.02. The zero-order chi connectivity index (χ0) is 22.3. The molecule has 3 aromatic rings. The van der Waals surface area contributed by atoms with E-state index in [2.05, 4.69) is 5.32 Å². The van der Waals surface area contributed by atoms with E-state index in [1.165, 1.54) is 30.3 Å². The number of aryl methyl sites for hydroxylation is 1. The molecule has 2 amide bonds. The van der Waals surface area contributed by atoms with Gasteiger partial charge in [-0.3, -0.25) is 14.9 Å². The molecule has 2 aromatic carbocycles. The quantitative estimate of drug-likeness (QED) is 0.380. The van der Waals surface area contributed by atoms with Gasteiger partial charge in [-0.25, -0.2) is 13.7 Å². The SMILES string of the molecule is Cc1cc(C=C2C(=O)NC(=S)N(c3ccccc3F)C2=O)c(C)n1-c1ccccc1F. The third-order valence-electron chi connectivity index (χ3n) is 5.06. The van der Waals surface area contributed by atoms with Gasteiger partial charge in [0.05, 0.1) is 11.4 Å². The molecular weight excluding hydrogens is 420 g/mol. The summed E-state index contributed by atoms with van der Waals surface area (Å²) >= 11 is 5.10. The van der Waals surface area contributed by atoms with Crippen molar-refractivity contribution in [2.75, 3.05) is 4.90 Å². The Morgan fingerprint density at radius 1 is 0.935 bits per heavy atom. The van der Waals surface area contributed by atoms with Crippen LogP contribution < -0.4 is 10.2 Å². The average Bonchev–Trinajstić information content (AvgIpc) is 3.00. The van der Waals surface area contributed by atoms with Gasteiger partial charge in [-0.1, -0.05) is 24.3 Å². The van der Waals surface area contributed by atoms with Crippen molar-refractivity contribution in [2.24, 2.45) is 0 Å². The molecule has 4 rings (SSSR count). The van der Waals surface area contributed by atoms with E-state index in [1.54, 1.807) is 48.7 Å². The number of aromatic nitrogens is 1. The minimum atomic E-state index is -0.741.